The topological polar surface area (TPSA) is 118 Å². The monoisotopic (exact) mass is 563 g/mol. The summed E-state index contributed by atoms with van der Waals surface area (Å²) in [5, 5.41) is 10.3. The molecule has 0 radical (unpaired) electrons. The lowest BCUT2D eigenvalue weighted by Gasteiger charge is -2.23. The van der Waals surface area contributed by atoms with Gasteiger partial charge in [-0.2, -0.15) is 0 Å². The number of carboxylic acid groups (broad SMARTS) is 1. The maximum atomic E-state index is 13.4. The van der Waals surface area contributed by atoms with Gasteiger partial charge in [-0.25, -0.2) is 18.4 Å². The summed E-state index contributed by atoms with van der Waals surface area (Å²) >= 11 is 12.0. The van der Waals surface area contributed by atoms with Crippen molar-refractivity contribution in [1.82, 2.24) is 19.4 Å². The molecular weight excluding hydrogens is 541 g/mol. The van der Waals surface area contributed by atoms with Gasteiger partial charge in [0.05, 0.1) is 28.5 Å². The van der Waals surface area contributed by atoms with E-state index in [1.807, 2.05) is 19.0 Å². The molecule has 2 aromatic carbocycles. The van der Waals surface area contributed by atoms with Crippen molar-refractivity contribution in [2.75, 3.05) is 38.1 Å². The van der Waals surface area contributed by atoms with E-state index in [1.165, 1.54) is 30.5 Å². The van der Waals surface area contributed by atoms with Gasteiger partial charge in [0.15, 0.2) is 5.82 Å². The lowest BCUT2D eigenvalue weighted by molar-refractivity contribution is -0.135. The lowest BCUT2D eigenvalue weighted by atomic mass is 10.2. The number of likely N-dealkylation sites (N-methyl/N-ethyl adjacent to an activating group) is 1. The highest BCUT2D eigenvalue weighted by atomic mass is 35.5. The molecule has 4 rings (SSSR count). The number of halogens is 2. The molecule has 0 unspecified atom stereocenters. The number of aliphatic carboxylic acids is 1. The molecule has 1 N–H and O–H groups in total. The third-order valence-corrected chi connectivity index (χ3v) is 7.50. The second-order valence-electron chi connectivity index (χ2n) is 8.30. The summed E-state index contributed by atoms with van der Waals surface area (Å²) in [4.78, 5) is 22.1. The molecule has 10 nitrogen and oxygen atoms in total. The molecule has 2 aromatic heterocycles. The van der Waals surface area contributed by atoms with Crippen molar-refractivity contribution < 1.29 is 23.1 Å². The molecule has 0 atom stereocenters. The minimum absolute atomic E-state index is 0.115. The van der Waals surface area contributed by atoms with Crippen LogP contribution in [-0.2, 0) is 14.8 Å². The van der Waals surface area contributed by atoms with Crippen molar-refractivity contribution in [1.29, 1.82) is 0 Å². The van der Waals surface area contributed by atoms with E-state index in [4.69, 9.17) is 27.9 Å². The Morgan fingerprint density at radius 2 is 1.78 bits per heavy atom. The van der Waals surface area contributed by atoms with Gasteiger partial charge in [-0.3, -0.25) is 13.7 Å². The number of benzene rings is 2. The minimum atomic E-state index is -4.29. The number of carboxylic acids is 1. The summed E-state index contributed by atoms with van der Waals surface area (Å²) in [5.41, 5.74) is 0.886. The number of hydrogen-bond acceptors (Lipinski definition) is 7. The first kappa shape index (κ1) is 26.7. The van der Waals surface area contributed by atoms with Crippen LogP contribution in [0.5, 0.6) is 5.88 Å². The van der Waals surface area contributed by atoms with Crippen LogP contribution in [0, 0.1) is 0 Å². The van der Waals surface area contributed by atoms with E-state index in [0.29, 0.717) is 23.7 Å². The first-order valence-corrected chi connectivity index (χ1v) is 13.2. The van der Waals surface area contributed by atoms with Crippen molar-refractivity contribution in [3.8, 4) is 11.7 Å². The largest absolute Gasteiger partial charge is 0.480 e. The predicted molar refractivity (Wildman–Crippen MR) is 142 cm³/mol. The second-order valence-corrected chi connectivity index (χ2v) is 11.0. The van der Waals surface area contributed by atoms with E-state index in [2.05, 4.69) is 9.97 Å². The van der Waals surface area contributed by atoms with Crippen LogP contribution in [0.15, 0.2) is 66.0 Å². The average Bonchev–Trinajstić information content (AvgIpc) is 3.25. The number of carbonyl (C=O) groups is 1. The van der Waals surface area contributed by atoms with E-state index in [0.717, 1.165) is 16.4 Å². The Kier molecular flexibility index (Phi) is 7.88. The van der Waals surface area contributed by atoms with Gasteiger partial charge in [0, 0.05) is 28.2 Å². The standard InChI is InChI=1S/C24H23Cl2N5O5S/c1-29(2)7-8-36-23-14-27-22(13-28-23)30-6-5-16-9-19(3-4-21(16)30)31(15-24(32)33)37(34,35)20-11-17(25)10-18(26)12-20/h3-6,9-14H,7-8,15H2,1-2H3,(H,32,33). The molecule has 2 heterocycles. The van der Waals surface area contributed by atoms with Crippen LogP contribution in [0.1, 0.15) is 0 Å². The zero-order chi connectivity index (χ0) is 26.7. The molecule has 194 valence electrons. The highest BCUT2D eigenvalue weighted by molar-refractivity contribution is 7.92. The minimum Gasteiger partial charge on any atom is -0.480 e. The number of hydrogen-bond donors (Lipinski definition) is 1. The molecule has 0 aliphatic heterocycles. The van der Waals surface area contributed by atoms with E-state index in [-0.39, 0.29) is 20.6 Å². The summed E-state index contributed by atoms with van der Waals surface area (Å²) in [6.45, 7) is 0.430. The number of anilines is 1. The smallest absolute Gasteiger partial charge is 0.324 e. The van der Waals surface area contributed by atoms with Gasteiger partial charge >= 0.3 is 5.97 Å². The van der Waals surface area contributed by atoms with E-state index in [9.17, 15) is 18.3 Å². The Bertz CT molecular complexity index is 1520. The molecule has 0 saturated heterocycles. The number of fused-ring (bicyclic) bond motifs is 1. The summed E-state index contributed by atoms with van der Waals surface area (Å²) in [7, 11) is -0.392. The Labute approximate surface area is 223 Å². The number of rotatable bonds is 10. The third-order valence-electron chi connectivity index (χ3n) is 5.31. The number of ether oxygens (including phenoxy) is 1. The van der Waals surface area contributed by atoms with Crippen LogP contribution in [0.4, 0.5) is 5.69 Å². The molecule has 0 saturated carbocycles. The number of aromatic nitrogens is 3. The molecule has 0 aliphatic carbocycles. The summed E-state index contributed by atoms with van der Waals surface area (Å²) in [5.74, 6) is -0.385. The van der Waals surface area contributed by atoms with Crippen LogP contribution < -0.4 is 9.04 Å². The zero-order valence-corrected chi connectivity index (χ0v) is 22.2. The van der Waals surface area contributed by atoms with Crippen molar-refractivity contribution in [2.24, 2.45) is 0 Å². The van der Waals surface area contributed by atoms with Crippen molar-refractivity contribution in [3.63, 3.8) is 0 Å². The zero-order valence-electron chi connectivity index (χ0n) is 19.9. The van der Waals surface area contributed by atoms with Crippen molar-refractivity contribution in [3.05, 3.63) is 71.1 Å². The molecule has 0 fully saturated rings. The van der Waals surface area contributed by atoms with Gasteiger partial charge in [-0.05, 0) is 56.6 Å². The fourth-order valence-electron chi connectivity index (χ4n) is 3.57. The molecule has 0 bridgehead atoms. The highest BCUT2D eigenvalue weighted by Gasteiger charge is 2.28. The quantitative estimate of drug-likeness (QED) is 0.308. The molecule has 0 aliphatic rings. The van der Waals surface area contributed by atoms with Crippen molar-refractivity contribution >= 4 is 55.8 Å². The fraction of sp³-hybridized carbons (Fsp3) is 0.208. The molecule has 37 heavy (non-hydrogen) atoms. The van der Waals surface area contributed by atoms with Gasteiger partial charge in [0.25, 0.3) is 10.0 Å². The van der Waals surface area contributed by atoms with Crippen LogP contribution in [0.3, 0.4) is 0 Å². The molecule has 0 spiro atoms. The predicted octanol–water partition coefficient (Wildman–Crippen LogP) is 3.95. The van der Waals surface area contributed by atoms with E-state index < -0.39 is 22.5 Å². The first-order chi connectivity index (χ1) is 17.5. The maximum Gasteiger partial charge on any atom is 0.324 e. The molecular formula is C24H23Cl2N5O5S. The van der Waals surface area contributed by atoms with Crippen LogP contribution in [0.2, 0.25) is 10.0 Å². The summed E-state index contributed by atoms with van der Waals surface area (Å²) in [6, 6.07) is 10.4. The number of sulfonamides is 1. The molecule has 13 heteroatoms. The molecule has 0 amide bonds. The van der Waals surface area contributed by atoms with Gasteiger partial charge in [0.1, 0.15) is 13.2 Å². The van der Waals surface area contributed by atoms with Gasteiger partial charge in [-0.1, -0.05) is 23.2 Å². The van der Waals surface area contributed by atoms with E-state index >= 15 is 0 Å². The summed E-state index contributed by atoms with van der Waals surface area (Å²) in [6.07, 6.45) is 4.86. The molecule has 4 aromatic rings. The van der Waals surface area contributed by atoms with Gasteiger partial charge in [0.2, 0.25) is 5.88 Å². The lowest BCUT2D eigenvalue weighted by Crippen LogP contribution is -2.35. The maximum absolute atomic E-state index is 13.4. The normalized spacial score (nSPS) is 11.7. The highest BCUT2D eigenvalue weighted by Crippen LogP contribution is 2.31. The van der Waals surface area contributed by atoms with E-state index in [1.54, 1.807) is 35.2 Å². The van der Waals surface area contributed by atoms with Crippen molar-refractivity contribution in [2.45, 2.75) is 4.90 Å². The fourth-order valence-corrected chi connectivity index (χ4v) is 5.70. The Morgan fingerprint density at radius 1 is 1.05 bits per heavy atom. The second kappa shape index (κ2) is 10.9. The van der Waals surface area contributed by atoms with Crippen LogP contribution in [0.25, 0.3) is 16.7 Å². The third kappa shape index (κ3) is 6.13. The Morgan fingerprint density at radius 3 is 2.41 bits per heavy atom. The summed E-state index contributed by atoms with van der Waals surface area (Å²) < 4.78 is 34.9. The Hall–Kier alpha value is -3.38. The van der Waals surface area contributed by atoms with Gasteiger partial charge in [-0.15, -0.1) is 0 Å². The Balaban J connectivity index is 1.66. The number of nitrogens with zero attached hydrogens (tertiary/aromatic N) is 5. The average molecular weight is 564 g/mol. The van der Waals surface area contributed by atoms with Gasteiger partial charge < -0.3 is 14.7 Å². The first-order valence-electron chi connectivity index (χ1n) is 11.0. The van der Waals surface area contributed by atoms with Crippen LogP contribution >= 0.6 is 23.2 Å². The van der Waals surface area contributed by atoms with Crippen LogP contribution in [-0.4, -0.2) is 72.7 Å². The SMILES string of the molecule is CN(C)CCOc1cnc(-n2ccc3cc(N(CC(=O)O)S(=O)(=O)c4cc(Cl)cc(Cl)c4)ccc32)cn1.